The first-order valence-electron chi connectivity index (χ1n) is 7.78. The van der Waals surface area contributed by atoms with Crippen LogP contribution in [0.2, 0.25) is 0 Å². The van der Waals surface area contributed by atoms with Crippen molar-refractivity contribution >= 4 is 16.8 Å². The van der Waals surface area contributed by atoms with Gasteiger partial charge in [0.25, 0.3) is 0 Å². The zero-order valence-corrected chi connectivity index (χ0v) is 13.3. The van der Waals surface area contributed by atoms with Gasteiger partial charge in [-0.15, -0.1) is 0 Å². The molecule has 0 aromatic heterocycles. The Bertz CT molecular complexity index is 611. The molecule has 2 amide bonds. The second kappa shape index (κ2) is 8.27. The molecule has 0 atom stereocenters. The van der Waals surface area contributed by atoms with Crippen LogP contribution >= 0.6 is 0 Å². The molecule has 0 aliphatic heterocycles. The zero-order chi connectivity index (χ0) is 15.8. The number of nitrogens with one attached hydrogen (secondary N) is 2. The molecule has 4 heteroatoms. The van der Waals surface area contributed by atoms with Crippen molar-refractivity contribution in [3.8, 4) is 5.75 Å². The van der Waals surface area contributed by atoms with Crippen molar-refractivity contribution in [2.45, 2.75) is 20.3 Å². The summed E-state index contributed by atoms with van der Waals surface area (Å²) in [6.45, 7) is 5.92. The Morgan fingerprint density at radius 2 is 1.77 bits per heavy atom. The van der Waals surface area contributed by atoms with Gasteiger partial charge in [0.05, 0.1) is 6.54 Å². The first-order chi connectivity index (χ1) is 10.6. The molecular weight excluding hydrogens is 276 g/mol. The normalized spacial score (nSPS) is 10.7. The van der Waals surface area contributed by atoms with Crippen LogP contribution in [0.4, 0.5) is 4.79 Å². The van der Waals surface area contributed by atoms with E-state index in [2.05, 4.69) is 36.6 Å². The second-order valence-corrected chi connectivity index (χ2v) is 5.72. The van der Waals surface area contributed by atoms with Crippen molar-refractivity contribution in [3.63, 3.8) is 0 Å². The molecule has 118 valence electrons. The summed E-state index contributed by atoms with van der Waals surface area (Å²) in [5, 5.41) is 7.96. The van der Waals surface area contributed by atoms with E-state index in [4.69, 9.17) is 4.74 Å². The van der Waals surface area contributed by atoms with Crippen LogP contribution in [-0.4, -0.2) is 25.7 Å². The highest BCUT2D eigenvalue weighted by atomic mass is 16.5. The van der Waals surface area contributed by atoms with Gasteiger partial charge in [0.1, 0.15) is 12.4 Å². The highest BCUT2D eigenvalue weighted by Crippen LogP contribution is 2.20. The van der Waals surface area contributed by atoms with E-state index < -0.39 is 0 Å². The molecule has 0 spiro atoms. The van der Waals surface area contributed by atoms with Gasteiger partial charge in [0.2, 0.25) is 0 Å². The van der Waals surface area contributed by atoms with Gasteiger partial charge in [-0.1, -0.05) is 44.2 Å². The van der Waals surface area contributed by atoms with Crippen molar-refractivity contribution in [1.82, 2.24) is 10.6 Å². The number of benzene rings is 2. The fraction of sp³-hybridized carbons (Fsp3) is 0.389. The summed E-state index contributed by atoms with van der Waals surface area (Å²) in [7, 11) is 0. The summed E-state index contributed by atoms with van der Waals surface area (Å²) in [6, 6.07) is 14.0. The SMILES string of the molecule is CC(C)CCNC(=O)NCCOc1ccc2ccccc2c1. The lowest BCUT2D eigenvalue weighted by Crippen LogP contribution is -2.38. The Balaban J connectivity index is 1.68. The number of fused-ring (bicyclic) bond motifs is 1. The lowest BCUT2D eigenvalue weighted by Gasteiger charge is -2.10. The topological polar surface area (TPSA) is 50.4 Å². The van der Waals surface area contributed by atoms with Crippen molar-refractivity contribution in [1.29, 1.82) is 0 Å². The molecule has 0 heterocycles. The number of carbonyl (C=O) groups is 1. The molecule has 4 nitrogen and oxygen atoms in total. The summed E-state index contributed by atoms with van der Waals surface area (Å²) in [5.74, 6) is 1.41. The predicted octanol–water partition coefficient (Wildman–Crippen LogP) is 3.56. The van der Waals surface area contributed by atoms with Gasteiger partial charge in [-0.25, -0.2) is 4.79 Å². The number of amides is 2. The third-order valence-corrected chi connectivity index (χ3v) is 3.38. The van der Waals surface area contributed by atoms with Crippen LogP contribution in [0.25, 0.3) is 10.8 Å². The van der Waals surface area contributed by atoms with Crippen LogP contribution in [0.1, 0.15) is 20.3 Å². The quantitative estimate of drug-likeness (QED) is 0.768. The highest BCUT2D eigenvalue weighted by molar-refractivity contribution is 5.83. The zero-order valence-electron chi connectivity index (χ0n) is 13.3. The Morgan fingerprint density at radius 3 is 2.55 bits per heavy atom. The third-order valence-electron chi connectivity index (χ3n) is 3.38. The third kappa shape index (κ3) is 5.28. The van der Waals surface area contributed by atoms with Crippen LogP contribution < -0.4 is 15.4 Å². The van der Waals surface area contributed by atoms with E-state index >= 15 is 0 Å². The maximum Gasteiger partial charge on any atom is 0.314 e. The summed E-state index contributed by atoms with van der Waals surface area (Å²) in [4.78, 5) is 11.5. The van der Waals surface area contributed by atoms with Gasteiger partial charge < -0.3 is 15.4 Å². The van der Waals surface area contributed by atoms with Gasteiger partial charge in [0.15, 0.2) is 0 Å². The maximum atomic E-state index is 11.5. The average molecular weight is 300 g/mol. The predicted molar refractivity (Wildman–Crippen MR) is 90.3 cm³/mol. The first kappa shape index (κ1) is 16.1. The van der Waals surface area contributed by atoms with Crippen LogP contribution in [-0.2, 0) is 0 Å². The molecule has 22 heavy (non-hydrogen) atoms. The molecule has 2 N–H and O–H groups in total. The maximum absolute atomic E-state index is 11.5. The van der Waals surface area contributed by atoms with Gasteiger partial charge in [-0.3, -0.25) is 0 Å². The van der Waals surface area contributed by atoms with Crippen molar-refractivity contribution < 1.29 is 9.53 Å². The minimum absolute atomic E-state index is 0.136. The van der Waals surface area contributed by atoms with E-state index in [9.17, 15) is 4.79 Å². The van der Waals surface area contributed by atoms with Crippen LogP contribution in [0.15, 0.2) is 42.5 Å². The molecule has 2 aromatic carbocycles. The molecule has 2 aromatic rings. The Labute approximate surface area is 131 Å². The molecule has 0 saturated carbocycles. The summed E-state index contributed by atoms with van der Waals surface area (Å²) < 4.78 is 5.66. The second-order valence-electron chi connectivity index (χ2n) is 5.72. The highest BCUT2D eigenvalue weighted by Gasteiger charge is 2.01. The molecule has 0 radical (unpaired) electrons. The van der Waals surface area contributed by atoms with Crippen molar-refractivity contribution in [2.24, 2.45) is 5.92 Å². The van der Waals surface area contributed by atoms with Gasteiger partial charge >= 0.3 is 6.03 Å². The van der Waals surface area contributed by atoms with Gasteiger partial charge in [0, 0.05) is 6.54 Å². The van der Waals surface area contributed by atoms with E-state index in [1.807, 2.05) is 30.3 Å². The van der Waals surface area contributed by atoms with E-state index in [1.165, 1.54) is 5.39 Å². The largest absolute Gasteiger partial charge is 0.492 e. The minimum atomic E-state index is -0.136. The number of rotatable bonds is 7. The van der Waals surface area contributed by atoms with Gasteiger partial charge in [-0.2, -0.15) is 0 Å². The van der Waals surface area contributed by atoms with Gasteiger partial charge in [-0.05, 0) is 35.2 Å². The Kier molecular flexibility index (Phi) is 6.07. The minimum Gasteiger partial charge on any atom is -0.492 e. The van der Waals surface area contributed by atoms with Crippen LogP contribution in [0, 0.1) is 5.92 Å². The summed E-state index contributed by atoms with van der Waals surface area (Å²) >= 11 is 0. The van der Waals surface area contributed by atoms with E-state index in [0.29, 0.717) is 25.6 Å². The lowest BCUT2D eigenvalue weighted by molar-refractivity contribution is 0.236. The van der Waals surface area contributed by atoms with Crippen LogP contribution in [0.3, 0.4) is 0 Å². The number of carbonyl (C=O) groups excluding carboxylic acids is 1. The molecular formula is C18H24N2O2. The molecule has 0 unspecified atom stereocenters. The average Bonchev–Trinajstić information content (AvgIpc) is 2.51. The number of urea groups is 1. The number of hydrogen-bond donors (Lipinski definition) is 2. The smallest absolute Gasteiger partial charge is 0.314 e. The molecule has 0 fully saturated rings. The Morgan fingerprint density at radius 1 is 1.05 bits per heavy atom. The molecule has 0 aliphatic rings. The standard InChI is InChI=1S/C18H24N2O2/c1-14(2)9-10-19-18(21)20-11-12-22-17-8-7-15-5-3-4-6-16(15)13-17/h3-8,13-14H,9-12H2,1-2H3,(H2,19,20,21). The van der Waals surface area contributed by atoms with Crippen molar-refractivity contribution in [2.75, 3.05) is 19.7 Å². The molecule has 0 bridgehead atoms. The molecule has 2 rings (SSSR count). The van der Waals surface area contributed by atoms with E-state index in [1.54, 1.807) is 0 Å². The fourth-order valence-electron chi connectivity index (χ4n) is 2.13. The Hall–Kier alpha value is -2.23. The first-order valence-corrected chi connectivity index (χ1v) is 7.78. The molecule has 0 aliphatic carbocycles. The summed E-state index contributed by atoms with van der Waals surface area (Å²) in [6.07, 6.45) is 0.987. The molecule has 0 saturated heterocycles. The van der Waals surface area contributed by atoms with E-state index in [-0.39, 0.29) is 6.03 Å². The summed E-state index contributed by atoms with van der Waals surface area (Å²) in [5.41, 5.74) is 0. The van der Waals surface area contributed by atoms with E-state index in [0.717, 1.165) is 17.6 Å². The number of hydrogen-bond acceptors (Lipinski definition) is 2. The number of ether oxygens (including phenoxy) is 1. The van der Waals surface area contributed by atoms with Crippen molar-refractivity contribution in [3.05, 3.63) is 42.5 Å². The van der Waals surface area contributed by atoms with Crippen LogP contribution in [0.5, 0.6) is 5.75 Å². The fourth-order valence-corrected chi connectivity index (χ4v) is 2.13. The lowest BCUT2D eigenvalue weighted by atomic mass is 10.1. The monoisotopic (exact) mass is 300 g/mol.